The van der Waals surface area contributed by atoms with Crippen molar-refractivity contribution in [1.29, 1.82) is 0 Å². The first-order chi connectivity index (χ1) is 10.1. The molecule has 0 spiro atoms. The van der Waals surface area contributed by atoms with Gasteiger partial charge in [-0.05, 0) is 29.8 Å². The van der Waals surface area contributed by atoms with Crippen molar-refractivity contribution >= 4 is 9.84 Å². The first-order valence-corrected chi connectivity index (χ1v) is 8.19. The van der Waals surface area contributed by atoms with Gasteiger partial charge in [-0.3, -0.25) is 10.1 Å². The number of sulfone groups is 1. The van der Waals surface area contributed by atoms with Gasteiger partial charge in [-0.2, -0.15) is 5.10 Å². The number of rotatable bonds is 3. The molecule has 21 heavy (non-hydrogen) atoms. The first-order valence-electron chi connectivity index (χ1n) is 6.30. The smallest absolute Gasteiger partial charge is 0.175 e. The van der Waals surface area contributed by atoms with Crippen LogP contribution in [-0.2, 0) is 9.84 Å². The Morgan fingerprint density at radius 1 is 0.952 bits per heavy atom. The number of hydrogen-bond donors (Lipinski definition) is 1. The number of hydrogen-bond acceptors (Lipinski definition) is 4. The molecule has 0 unspecified atom stereocenters. The summed E-state index contributed by atoms with van der Waals surface area (Å²) in [4.78, 5) is 4.30. The van der Waals surface area contributed by atoms with E-state index < -0.39 is 9.84 Å². The molecule has 0 saturated heterocycles. The maximum absolute atomic E-state index is 11.5. The summed E-state index contributed by atoms with van der Waals surface area (Å²) in [5.74, 6) is 0. The van der Waals surface area contributed by atoms with Crippen molar-refractivity contribution in [2.75, 3.05) is 6.26 Å². The topological polar surface area (TPSA) is 75.7 Å². The van der Waals surface area contributed by atoms with Crippen LogP contribution >= 0.6 is 0 Å². The van der Waals surface area contributed by atoms with Crippen LogP contribution in [0.15, 0.2) is 59.9 Å². The highest BCUT2D eigenvalue weighted by Crippen LogP contribution is 2.30. The summed E-state index contributed by atoms with van der Waals surface area (Å²) < 4.78 is 23.0. The zero-order valence-electron chi connectivity index (χ0n) is 11.3. The van der Waals surface area contributed by atoms with Gasteiger partial charge in [0.1, 0.15) is 0 Å². The summed E-state index contributed by atoms with van der Waals surface area (Å²) in [6.45, 7) is 0. The van der Waals surface area contributed by atoms with Gasteiger partial charge in [0.25, 0.3) is 0 Å². The summed E-state index contributed by atoms with van der Waals surface area (Å²) in [5.41, 5.74) is 3.68. The predicted octanol–water partition coefficient (Wildman–Crippen LogP) is 2.54. The quantitative estimate of drug-likeness (QED) is 0.806. The fourth-order valence-electron chi connectivity index (χ4n) is 2.13. The monoisotopic (exact) mass is 299 g/mol. The predicted molar refractivity (Wildman–Crippen MR) is 80.4 cm³/mol. The van der Waals surface area contributed by atoms with Crippen molar-refractivity contribution in [1.82, 2.24) is 15.2 Å². The molecular weight excluding hydrogens is 286 g/mol. The van der Waals surface area contributed by atoms with E-state index in [1.54, 1.807) is 42.9 Å². The van der Waals surface area contributed by atoms with Crippen molar-refractivity contribution in [2.24, 2.45) is 0 Å². The van der Waals surface area contributed by atoms with Crippen molar-refractivity contribution in [2.45, 2.75) is 4.90 Å². The number of pyridine rings is 1. The van der Waals surface area contributed by atoms with Gasteiger partial charge in [0.15, 0.2) is 9.84 Å². The minimum absolute atomic E-state index is 0.302. The molecule has 1 aromatic carbocycles. The lowest BCUT2D eigenvalue weighted by Gasteiger charge is -2.04. The van der Waals surface area contributed by atoms with E-state index in [9.17, 15) is 8.42 Å². The third kappa shape index (κ3) is 2.71. The molecule has 1 N–H and O–H groups in total. The van der Waals surface area contributed by atoms with E-state index in [-0.39, 0.29) is 0 Å². The third-order valence-electron chi connectivity index (χ3n) is 3.20. The summed E-state index contributed by atoms with van der Waals surface area (Å²) in [6, 6.07) is 10.5. The fourth-order valence-corrected chi connectivity index (χ4v) is 2.76. The van der Waals surface area contributed by atoms with Crippen LogP contribution in [0, 0.1) is 0 Å². The van der Waals surface area contributed by atoms with E-state index in [4.69, 9.17) is 0 Å². The Bertz CT molecular complexity index is 853. The van der Waals surface area contributed by atoms with Crippen LogP contribution in [0.4, 0.5) is 0 Å². The van der Waals surface area contributed by atoms with Crippen LogP contribution in [0.2, 0.25) is 0 Å². The van der Waals surface area contributed by atoms with Crippen LogP contribution in [0.5, 0.6) is 0 Å². The molecule has 0 atom stereocenters. The molecule has 6 heteroatoms. The molecule has 3 rings (SSSR count). The minimum atomic E-state index is -3.18. The number of nitrogens with zero attached hydrogens (tertiary/aromatic N) is 2. The molecule has 0 aliphatic rings. The average Bonchev–Trinajstić information content (AvgIpc) is 2.97. The molecule has 106 valence electrons. The second-order valence-electron chi connectivity index (χ2n) is 4.69. The highest BCUT2D eigenvalue weighted by atomic mass is 32.2. The van der Waals surface area contributed by atoms with E-state index in [2.05, 4.69) is 15.2 Å². The molecule has 0 aliphatic carbocycles. The Hall–Kier alpha value is -2.47. The van der Waals surface area contributed by atoms with E-state index in [0.29, 0.717) is 4.90 Å². The number of benzene rings is 1. The molecule has 2 heterocycles. The summed E-state index contributed by atoms with van der Waals surface area (Å²) in [5, 5.41) is 7.04. The maximum Gasteiger partial charge on any atom is 0.175 e. The van der Waals surface area contributed by atoms with E-state index in [0.717, 1.165) is 22.4 Å². The van der Waals surface area contributed by atoms with Crippen LogP contribution in [0.25, 0.3) is 22.4 Å². The normalized spacial score (nSPS) is 11.5. The van der Waals surface area contributed by atoms with E-state index in [1.165, 1.54) is 6.26 Å². The Labute approximate surface area is 122 Å². The lowest BCUT2D eigenvalue weighted by molar-refractivity contribution is 0.602. The third-order valence-corrected chi connectivity index (χ3v) is 4.33. The van der Waals surface area contributed by atoms with E-state index in [1.807, 2.05) is 12.1 Å². The Kier molecular flexibility index (Phi) is 3.31. The Morgan fingerprint density at radius 2 is 1.62 bits per heavy atom. The second-order valence-corrected chi connectivity index (χ2v) is 6.71. The second kappa shape index (κ2) is 5.14. The van der Waals surface area contributed by atoms with Crippen molar-refractivity contribution in [3.8, 4) is 22.4 Å². The number of aromatic nitrogens is 3. The lowest BCUT2D eigenvalue weighted by atomic mass is 10.0. The largest absolute Gasteiger partial charge is 0.277 e. The molecule has 5 nitrogen and oxygen atoms in total. The molecule has 0 aliphatic heterocycles. The molecule has 0 radical (unpaired) electrons. The van der Waals surface area contributed by atoms with Crippen LogP contribution in [-0.4, -0.2) is 29.9 Å². The molecule has 0 bridgehead atoms. The number of nitrogens with one attached hydrogen (secondary N) is 1. The minimum Gasteiger partial charge on any atom is -0.277 e. The molecule has 3 aromatic rings. The zero-order chi connectivity index (χ0) is 14.9. The van der Waals surface area contributed by atoms with E-state index >= 15 is 0 Å². The van der Waals surface area contributed by atoms with Gasteiger partial charge in [0.2, 0.25) is 0 Å². The lowest BCUT2D eigenvalue weighted by Crippen LogP contribution is -1.96. The SMILES string of the molecule is CS(=O)(=O)c1ccc(-c2[nH]ncc2-c2ccncc2)cc1. The summed E-state index contributed by atoms with van der Waals surface area (Å²) in [7, 11) is -3.18. The standard InChI is InChI=1S/C15H13N3O2S/c1-21(19,20)13-4-2-12(3-5-13)15-14(10-17-18-15)11-6-8-16-9-7-11/h2-10H,1H3,(H,17,18). The van der Waals surface area contributed by atoms with Crippen molar-refractivity contribution in [3.63, 3.8) is 0 Å². The molecular formula is C15H13N3O2S. The van der Waals surface area contributed by atoms with Gasteiger partial charge in [0, 0.05) is 29.8 Å². The molecule has 0 saturated carbocycles. The zero-order valence-corrected chi connectivity index (χ0v) is 12.1. The van der Waals surface area contributed by atoms with Gasteiger partial charge in [-0.1, -0.05) is 12.1 Å². The summed E-state index contributed by atoms with van der Waals surface area (Å²) in [6.07, 6.45) is 6.38. The fraction of sp³-hybridized carbons (Fsp3) is 0.0667. The van der Waals surface area contributed by atoms with Crippen molar-refractivity contribution < 1.29 is 8.42 Å². The van der Waals surface area contributed by atoms with Gasteiger partial charge in [0.05, 0.1) is 16.8 Å². The number of aromatic amines is 1. The molecule has 0 fully saturated rings. The van der Waals surface area contributed by atoms with Crippen LogP contribution in [0.1, 0.15) is 0 Å². The number of H-pyrrole nitrogens is 1. The Balaban J connectivity index is 2.05. The highest BCUT2D eigenvalue weighted by molar-refractivity contribution is 7.90. The van der Waals surface area contributed by atoms with Gasteiger partial charge in [-0.15, -0.1) is 0 Å². The Morgan fingerprint density at radius 3 is 2.24 bits per heavy atom. The van der Waals surface area contributed by atoms with Crippen LogP contribution in [0.3, 0.4) is 0 Å². The van der Waals surface area contributed by atoms with Gasteiger partial charge < -0.3 is 0 Å². The highest BCUT2D eigenvalue weighted by Gasteiger charge is 2.11. The van der Waals surface area contributed by atoms with Crippen LogP contribution < -0.4 is 0 Å². The molecule has 2 aromatic heterocycles. The van der Waals surface area contributed by atoms with Crippen molar-refractivity contribution in [3.05, 3.63) is 55.0 Å². The maximum atomic E-state index is 11.5. The summed E-state index contributed by atoms with van der Waals surface area (Å²) >= 11 is 0. The molecule has 0 amide bonds. The first kappa shape index (κ1) is 13.5. The average molecular weight is 299 g/mol. The van der Waals surface area contributed by atoms with Gasteiger partial charge >= 0.3 is 0 Å². The van der Waals surface area contributed by atoms with Gasteiger partial charge in [-0.25, -0.2) is 8.42 Å².